The van der Waals surface area contributed by atoms with Gasteiger partial charge in [-0.25, -0.2) is 4.79 Å². The van der Waals surface area contributed by atoms with Crippen molar-refractivity contribution >= 4 is 23.5 Å². The number of nitrogens with one attached hydrogen (secondary N) is 1. The smallest absolute Gasteiger partial charge is 0.325 e. The number of rotatable bonds is 3. The van der Waals surface area contributed by atoms with Crippen molar-refractivity contribution in [3.8, 4) is 5.75 Å². The topological polar surface area (TPSA) is 58.6 Å². The van der Waals surface area contributed by atoms with Gasteiger partial charge in [-0.2, -0.15) is 0 Å². The highest BCUT2D eigenvalue weighted by Gasteiger charge is 2.55. The molecule has 0 aromatic heterocycles. The lowest BCUT2D eigenvalue weighted by Crippen LogP contribution is -2.41. The van der Waals surface area contributed by atoms with Crippen LogP contribution in [0.15, 0.2) is 42.5 Å². The van der Waals surface area contributed by atoms with Gasteiger partial charge in [0.15, 0.2) is 0 Å². The number of urea groups is 1. The Hall–Kier alpha value is -2.53. The number of methoxy groups -OCH3 is 1. The van der Waals surface area contributed by atoms with E-state index in [0.717, 1.165) is 17.5 Å². The SMILES string of the molecule is COc1ccc(Cl)cc1CN1C(=O)NC2(CCc3ccccc32)C1=O. The first kappa shape index (κ1) is 16.0. The lowest BCUT2D eigenvalue weighted by molar-refractivity contribution is -0.132. The van der Waals surface area contributed by atoms with Crippen LogP contribution < -0.4 is 10.1 Å². The summed E-state index contributed by atoms with van der Waals surface area (Å²) >= 11 is 6.06. The van der Waals surface area contributed by atoms with Gasteiger partial charge < -0.3 is 10.1 Å². The van der Waals surface area contributed by atoms with Crippen molar-refractivity contribution in [2.24, 2.45) is 0 Å². The van der Waals surface area contributed by atoms with Crippen LogP contribution in [0.5, 0.6) is 5.75 Å². The number of nitrogens with zero attached hydrogens (tertiary/aromatic N) is 1. The first-order valence-electron chi connectivity index (χ1n) is 8.10. The van der Waals surface area contributed by atoms with Gasteiger partial charge in [-0.1, -0.05) is 35.9 Å². The number of carbonyl (C=O) groups is 2. The predicted octanol–water partition coefficient (Wildman–Crippen LogP) is 3.24. The fraction of sp³-hybridized carbons (Fsp3) is 0.263. The molecule has 0 saturated carbocycles. The molecule has 6 heteroatoms. The summed E-state index contributed by atoms with van der Waals surface area (Å²) in [6.45, 7) is 0.123. The zero-order chi connectivity index (χ0) is 17.6. The van der Waals surface area contributed by atoms with Gasteiger partial charge >= 0.3 is 6.03 Å². The summed E-state index contributed by atoms with van der Waals surface area (Å²) in [5.41, 5.74) is 1.76. The second-order valence-electron chi connectivity index (χ2n) is 6.34. The number of imide groups is 1. The maximum Gasteiger partial charge on any atom is 0.325 e. The lowest BCUT2D eigenvalue weighted by atomic mass is 9.92. The second kappa shape index (κ2) is 5.77. The van der Waals surface area contributed by atoms with E-state index in [4.69, 9.17) is 16.3 Å². The van der Waals surface area contributed by atoms with E-state index in [-0.39, 0.29) is 18.5 Å². The molecule has 2 aromatic carbocycles. The Labute approximate surface area is 150 Å². The van der Waals surface area contributed by atoms with E-state index < -0.39 is 5.54 Å². The molecular weight excluding hydrogens is 340 g/mol. The fourth-order valence-corrected chi connectivity index (χ4v) is 3.97. The maximum atomic E-state index is 13.2. The molecule has 1 heterocycles. The fourth-order valence-electron chi connectivity index (χ4n) is 3.77. The quantitative estimate of drug-likeness (QED) is 0.859. The van der Waals surface area contributed by atoms with Crippen LogP contribution in [0.25, 0.3) is 0 Å². The molecule has 1 spiro atoms. The highest BCUT2D eigenvalue weighted by molar-refractivity contribution is 6.30. The number of fused-ring (bicyclic) bond motifs is 2. The Kier molecular flexibility index (Phi) is 3.69. The first-order valence-corrected chi connectivity index (χ1v) is 8.48. The molecule has 2 aliphatic rings. The third kappa shape index (κ3) is 2.38. The molecular formula is C19H17ClN2O3. The second-order valence-corrected chi connectivity index (χ2v) is 6.78. The molecule has 0 radical (unpaired) electrons. The third-order valence-corrected chi connectivity index (χ3v) is 5.23. The van der Waals surface area contributed by atoms with Gasteiger partial charge in [0.25, 0.3) is 5.91 Å². The summed E-state index contributed by atoms with van der Waals surface area (Å²) in [5.74, 6) is 0.377. The molecule has 3 amide bonds. The van der Waals surface area contributed by atoms with Crippen LogP contribution >= 0.6 is 11.6 Å². The summed E-state index contributed by atoms with van der Waals surface area (Å²) in [6.07, 6.45) is 1.36. The Morgan fingerprint density at radius 3 is 2.84 bits per heavy atom. The van der Waals surface area contributed by atoms with Gasteiger partial charge in [0, 0.05) is 10.6 Å². The average Bonchev–Trinajstić information content (AvgIpc) is 3.09. The summed E-state index contributed by atoms with van der Waals surface area (Å²) in [4.78, 5) is 27.0. The minimum atomic E-state index is -0.945. The molecule has 1 fully saturated rings. The van der Waals surface area contributed by atoms with E-state index in [1.54, 1.807) is 25.3 Å². The van der Waals surface area contributed by atoms with Crippen molar-refractivity contribution in [1.29, 1.82) is 0 Å². The van der Waals surface area contributed by atoms with Crippen molar-refractivity contribution in [2.45, 2.75) is 24.9 Å². The van der Waals surface area contributed by atoms with Crippen LogP contribution in [-0.4, -0.2) is 23.9 Å². The Balaban J connectivity index is 1.69. The zero-order valence-corrected chi connectivity index (χ0v) is 14.5. The number of aryl methyl sites for hydroxylation is 1. The van der Waals surface area contributed by atoms with Gasteiger partial charge in [0.05, 0.1) is 13.7 Å². The molecule has 1 saturated heterocycles. The van der Waals surface area contributed by atoms with Crippen LogP contribution in [0.3, 0.4) is 0 Å². The molecule has 0 bridgehead atoms. The standard InChI is InChI=1S/C19H17ClN2O3/c1-25-16-7-6-14(20)10-13(16)11-22-17(23)19(21-18(22)24)9-8-12-4-2-3-5-15(12)19/h2-7,10H,8-9,11H2,1H3,(H,21,24). The van der Waals surface area contributed by atoms with Gasteiger partial charge in [-0.15, -0.1) is 0 Å². The van der Waals surface area contributed by atoms with Crippen LogP contribution in [0.1, 0.15) is 23.1 Å². The van der Waals surface area contributed by atoms with Crippen molar-refractivity contribution in [1.82, 2.24) is 10.2 Å². The number of carbonyl (C=O) groups excluding carboxylic acids is 2. The molecule has 128 valence electrons. The minimum absolute atomic E-state index is 0.123. The van der Waals surface area contributed by atoms with E-state index in [0.29, 0.717) is 22.8 Å². The molecule has 5 nitrogen and oxygen atoms in total. The van der Waals surface area contributed by atoms with Crippen molar-refractivity contribution in [3.05, 3.63) is 64.2 Å². The highest BCUT2D eigenvalue weighted by atomic mass is 35.5. The normalized spacial score (nSPS) is 21.6. The average molecular weight is 357 g/mol. The van der Waals surface area contributed by atoms with E-state index >= 15 is 0 Å². The first-order chi connectivity index (χ1) is 12.0. The number of amides is 3. The molecule has 1 aliphatic carbocycles. The molecule has 25 heavy (non-hydrogen) atoms. The van der Waals surface area contributed by atoms with Crippen molar-refractivity contribution in [3.63, 3.8) is 0 Å². The number of halogens is 1. The number of hydrogen-bond donors (Lipinski definition) is 1. The van der Waals surface area contributed by atoms with E-state index in [1.165, 1.54) is 4.90 Å². The highest BCUT2D eigenvalue weighted by Crippen LogP contribution is 2.42. The lowest BCUT2D eigenvalue weighted by Gasteiger charge is -2.22. The number of ether oxygens (including phenoxy) is 1. The van der Waals surface area contributed by atoms with E-state index in [2.05, 4.69) is 5.32 Å². The van der Waals surface area contributed by atoms with Crippen LogP contribution in [-0.2, 0) is 23.3 Å². The van der Waals surface area contributed by atoms with Crippen LogP contribution in [0, 0.1) is 0 Å². The third-order valence-electron chi connectivity index (χ3n) is 4.99. The molecule has 1 aliphatic heterocycles. The molecule has 1 N–H and O–H groups in total. The largest absolute Gasteiger partial charge is 0.496 e. The monoisotopic (exact) mass is 356 g/mol. The minimum Gasteiger partial charge on any atom is -0.496 e. The van der Waals surface area contributed by atoms with Gasteiger partial charge in [-0.05, 0) is 42.2 Å². The summed E-state index contributed by atoms with van der Waals surface area (Å²) in [5, 5.41) is 3.45. The molecule has 2 aromatic rings. The maximum absolute atomic E-state index is 13.2. The predicted molar refractivity (Wildman–Crippen MR) is 93.5 cm³/mol. The van der Waals surface area contributed by atoms with Gasteiger partial charge in [-0.3, -0.25) is 9.69 Å². The number of hydrogen-bond acceptors (Lipinski definition) is 3. The van der Waals surface area contributed by atoms with Crippen molar-refractivity contribution in [2.75, 3.05) is 7.11 Å². The Morgan fingerprint density at radius 2 is 2.04 bits per heavy atom. The molecule has 1 atom stereocenters. The molecule has 4 rings (SSSR count). The van der Waals surface area contributed by atoms with Crippen LogP contribution in [0.4, 0.5) is 4.79 Å². The van der Waals surface area contributed by atoms with Gasteiger partial charge in [0.1, 0.15) is 11.3 Å². The summed E-state index contributed by atoms with van der Waals surface area (Å²) < 4.78 is 5.33. The summed E-state index contributed by atoms with van der Waals surface area (Å²) in [6, 6.07) is 12.6. The Bertz CT molecular complexity index is 883. The van der Waals surface area contributed by atoms with Crippen molar-refractivity contribution < 1.29 is 14.3 Å². The van der Waals surface area contributed by atoms with E-state index in [9.17, 15) is 9.59 Å². The number of benzene rings is 2. The van der Waals surface area contributed by atoms with Gasteiger partial charge in [0.2, 0.25) is 0 Å². The molecule has 1 unspecified atom stereocenters. The van der Waals surface area contributed by atoms with Crippen LogP contribution in [0.2, 0.25) is 5.02 Å². The van der Waals surface area contributed by atoms with E-state index in [1.807, 2.05) is 24.3 Å². The Morgan fingerprint density at radius 1 is 1.24 bits per heavy atom. The zero-order valence-electron chi connectivity index (χ0n) is 13.7. The summed E-state index contributed by atoms with van der Waals surface area (Å²) in [7, 11) is 1.55.